The van der Waals surface area contributed by atoms with Crippen LogP contribution in [-0.2, 0) is 0 Å². The van der Waals surface area contributed by atoms with E-state index in [1.165, 1.54) is 0 Å². The number of aliphatic hydroxyl groups excluding tert-OH is 2. The Kier molecular flexibility index (Phi) is 5.67. The molecular weight excluding hydrogens is 368 g/mol. The van der Waals surface area contributed by atoms with E-state index < -0.39 is 17.7 Å². The number of nitrogens with two attached hydrogens (primary N) is 1. The molecule has 0 saturated heterocycles. The van der Waals surface area contributed by atoms with Gasteiger partial charge >= 0.3 is 0 Å². The Morgan fingerprint density at radius 1 is 1.30 bits per heavy atom. The fourth-order valence-corrected chi connectivity index (χ4v) is 3.43. The first-order chi connectivity index (χ1) is 12.8. The molecule has 0 radical (unpaired) electrons. The lowest BCUT2D eigenvalue weighted by Gasteiger charge is -2.30. The fourth-order valence-electron chi connectivity index (χ4n) is 3.19. The maximum absolute atomic E-state index is 10.8. The highest BCUT2D eigenvalue weighted by Gasteiger charge is 2.47. The lowest BCUT2D eigenvalue weighted by molar-refractivity contribution is -0.0545. The number of aromatic nitrogens is 2. The quantitative estimate of drug-likeness (QED) is 0.391. The zero-order chi connectivity index (χ0) is 19.6. The summed E-state index contributed by atoms with van der Waals surface area (Å²) in [6, 6.07) is 7.91. The summed E-state index contributed by atoms with van der Waals surface area (Å²) in [5.74, 6) is -0.246. The van der Waals surface area contributed by atoms with Gasteiger partial charge in [-0.2, -0.15) is 4.98 Å². The highest BCUT2D eigenvalue weighted by Crippen LogP contribution is 2.37. The number of benzene rings is 1. The molecule has 1 aromatic carbocycles. The molecule has 1 aliphatic rings. The van der Waals surface area contributed by atoms with Crippen LogP contribution in [0.15, 0.2) is 24.3 Å². The maximum atomic E-state index is 10.8. The van der Waals surface area contributed by atoms with Crippen LogP contribution in [0.5, 0.6) is 0 Å². The molecule has 7 nitrogen and oxygen atoms in total. The molecule has 3 unspecified atom stereocenters. The Bertz CT molecular complexity index is 844. The molecule has 144 valence electrons. The second-order valence-corrected chi connectivity index (χ2v) is 7.21. The first-order valence-corrected chi connectivity index (χ1v) is 9.07. The molecule has 0 amide bonds. The van der Waals surface area contributed by atoms with Crippen molar-refractivity contribution in [3.63, 3.8) is 0 Å². The van der Waals surface area contributed by atoms with Crippen LogP contribution in [-0.4, -0.2) is 43.7 Å². The Morgan fingerprint density at radius 3 is 2.63 bits per heavy atom. The molecule has 1 aromatic heterocycles. The normalized spacial score (nSPS) is 25.2. The van der Waals surface area contributed by atoms with E-state index in [-0.39, 0.29) is 29.9 Å². The van der Waals surface area contributed by atoms with Gasteiger partial charge in [-0.05, 0) is 31.4 Å². The lowest BCUT2D eigenvalue weighted by atomic mass is 10.0. The van der Waals surface area contributed by atoms with Gasteiger partial charge in [0, 0.05) is 12.5 Å². The highest BCUT2D eigenvalue weighted by molar-refractivity contribution is 6.31. The van der Waals surface area contributed by atoms with E-state index in [4.69, 9.17) is 17.3 Å². The first-order valence-electron chi connectivity index (χ1n) is 8.69. The van der Waals surface area contributed by atoms with Gasteiger partial charge in [0.25, 0.3) is 0 Å². The van der Waals surface area contributed by atoms with Gasteiger partial charge in [0.15, 0.2) is 5.72 Å². The van der Waals surface area contributed by atoms with Crippen molar-refractivity contribution in [3.8, 4) is 0 Å². The van der Waals surface area contributed by atoms with E-state index in [1.54, 1.807) is 6.08 Å². The van der Waals surface area contributed by atoms with Crippen LogP contribution in [0.1, 0.15) is 29.5 Å². The average Bonchev–Trinajstić information content (AvgIpc) is 2.90. The molecule has 0 aliphatic heterocycles. The number of anilines is 2. The van der Waals surface area contributed by atoms with Crippen molar-refractivity contribution in [1.82, 2.24) is 9.97 Å². The number of aryl methyl sites for hydroxylation is 1. The summed E-state index contributed by atoms with van der Waals surface area (Å²) in [5.41, 5.74) is 6.62. The summed E-state index contributed by atoms with van der Waals surface area (Å²) in [5, 5.41) is 33.4. The number of nitrogens with one attached hydrogen (secondary N) is 1. The molecule has 1 saturated carbocycles. The zero-order valence-electron chi connectivity index (χ0n) is 14.9. The van der Waals surface area contributed by atoms with Crippen LogP contribution in [0.25, 0.3) is 12.2 Å². The number of nitrogens with zero attached hydrogens (tertiary/aromatic N) is 2. The summed E-state index contributed by atoms with van der Waals surface area (Å²) in [4.78, 5) is 8.11. The number of rotatable bonds is 5. The number of nitrogen functional groups attached to an aromatic ring is 1. The second kappa shape index (κ2) is 7.82. The minimum absolute atomic E-state index is 0.0511. The van der Waals surface area contributed by atoms with Crippen molar-refractivity contribution in [3.05, 3.63) is 46.1 Å². The van der Waals surface area contributed by atoms with Crippen LogP contribution in [0.4, 0.5) is 11.8 Å². The van der Waals surface area contributed by atoms with E-state index >= 15 is 0 Å². The van der Waals surface area contributed by atoms with Gasteiger partial charge < -0.3 is 26.4 Å². The number of hydrogen-bond acceptors (Lipinski definition) is 7. The van der Waals surface area contributed by atoms with Crippen molar-refractivity contribution in [2.24, 2.45) is 5.92 Å². The molecule has 1 aliphatic carbocycles. The molecule has 0 spiro atoms. The Hall–Kier alpha value is -2.19. The minimum Gasteiger partial charge on any atom is -0.396 e. The molecule has 2 aromatic rings. The predicted molar refractivity (Wildman–Crippen MR) is 106 cm³/mol. The Balaban J connectivity index is 1.92. The Morgan fingerprint density at radius 2 is 2.00 bits per heavy atom. The van der Waals surface area contributed by atoms with Crippen molar-refractivity contribution >= 4 is 35.5 Å². The van der Waals surface area contributed by atoms with Crippen molar-refractivity contribution < 1.29 is 15.3 Å². The number of halogens is 1. The molecule has 3 rings (SSSR count). The van der Waals surface area contributed by atoms with Gasteiger partial charge in [0.2, 0.25) is 5.95 Å². The standard InChI is InChI=1S/C19H23ClN4O3/c1-11-2-4-12(5-3-11)6-7-14-16(20)22-18(21)23-17(14)24-19(27)9-8-13(10-25)15(19)26/h2-7,13,15,25-27H,8-10H2,1H3,(H3,21,22,23,24). The monoisotopic (exact) mass is 390 g/mol. The zero-order valence-corrected chi connectivity index (χ0v) is 15.7. The summed E-state index contributed by atoms with van der Waals surface area (Å²) in [7, 11) is 0. The summed E-state index contributed by atoms with van der Waals surface area (Å²) >= 11 is 6.24. The van der Waals surface area contributed by atoms with E-state index in [2.05, 4.69) is 15.3 Å². The Labute approximate surface area is 162 Å². The van der Waals surface area contributed by atoms with Crippen molar-refractivity contribution in [2.75, 3.05) is 17.7 Å². The number of hydrogen-bond donors (Lipinski definition) is 5. The first kappa shape index (κ1) is 19.6. The highest BCUT2D eigenvalue weighted by atomic mass is 35.5. The SMILES string of the molecule is Cc1ccc(C=Cc2c(Cl)nc(N)nc2NC2(O)CCC(CO)C2O)cc1. The molecule has 3 atom stereocenters. The van der Waals surface area contributed by atoms with Crippen LogP contribution < -0.4 is 11.1 Å². The van der Waals surface area contributed by atoms with E-state index in [0.29, 0.717) is 12.0 Å². The molecule has 8 heteroatoms. The van der Waals surface area contributed by atoms with Gasteiger partial charge in [-0.15, -0.1) is 0 Å². The van der Waals surface area contributed by atoms with Crippen LogP contribution >= 0.6 is 11.6 Å². The van der Waals surface area contributed by atoms with Gasteiger partial charge in [0.05, 0.1) is 5.56 Å². The van der Waals surface area contributed by atoms with Crippen molar-refractivity contribution in [2.45, 2.75) is 31.6 Å². The summed E-state index contributed by atoms with van der Waals surface area (Å²) < 4.78 is 0. The van der Waals surface area contributed by atoms with Gasteiger partial charge in [-0.1, -0.05) is 47.5 Å². The molecule has 0 bridgehead atoms. The van der Waals surface area contributed by atoms with E-state index in [1.807, 2.05) is 37.3 Å². The van der Waals surface area contributed by atoms with Crippen LogP contribution in [0, 0.1) is 12.8 Å². The van der Waals surface area contributed by atoms with Crippen LogP contribution in [0.2, 0.25) is 5.15 Å². The molecule has 6 N–H and O–H groups in total. The molecule has 1 heterocycles. The minimum atomic E-state index is -1.63. The predicted octanol–water partition coefficient (Wildman–Crippen LogP) is 2.05. The average molecular weight is 391 g/mol. The smallest absolute Gasteiger partial charge is 0.223 e. The third-order valence-electron chi connectivity index (χ3n) is 4.84. The fraction of sp³-hybridized carbons (Fsp3) is 0.368. The largest absolute Gasteiger partial charge is 0.396 e. The van der Waals surface area contributed by atoms with Gasteiger partial charge in [0.1, 0.15) is 17.1 Å². The van der Waals surface area contributed by atoms with E-state index in [0.717, 1.165) is 11.1 Å². The van der Waals surface area contributed by atoms with E-state index in [9.17, 15) is 15.3 Å². The number of aliphatic hydroxyl groups is 3. The topological polar surface area (TPSA) is 125 Å². The molecular formula is C19H23ClN4O3. The summed E-state index contributed by atoms with van der Waals surface area (Å²) in [6.07, 6.45) is 3.15. The third-order valence-corrected chi connectivity index (χ3v) is 5.13. The molecule has 27 heavy (non-hydrogen) atoms. The summed E-state index contributed by atoms with van der Waals surface area (Å²) in [6.45, 7) is 1.80. The molecule has 1 fully saturated rings. The second-order valence-electron chi connectivity index (χ2n) is 6.85. The van der Waals surface area contributed by atoms with Gasteiger partial charge in [-0.3, -0.25) is 0 Å². The van der Waals surface area contributed by atoms with Crippen molar-refractivity contribution in [1.29, 1.82) is 0 Å². The van der Waals surface area contributed by atoms with Crippen LogP contribution in [0.3, 0.4) is 0 Å². The third kappa shape index (κ3) is 4.22. The van der Waals surface area contributed by atoms with Gasteiger partial charge in [-0.25, -0.2) is 4.98 Å². The lowest BCUT2D eigenvalue weighted by Crippen LogP contribution is -2.48. The maximum Gasteiger partial charge on any atom is 0.223 e.